The van der Waals surface area contributed by atoms with Gasteiger partial charge in [0.2, 0.25) is 5.95 Å². The average Bonchev–Trinajstić information content (AvgIpc) is 2.58. The van der Waals surface area contributed by atoms with Crippen molar-refractivity contribution in [3.05, 3.63) is 64.8 Å². The second-order valence-corrected chi connectivity index (χ2v) is 5.68. The van der Waals surface area contributed by atoms with E-state index in [-0.39, 0.29) is 0 Å². The van der Waals surface area contributed by atoms with Crippen LogP contribution in [0, 0.1) is 0 Å². The lowest BCUT2D eigenvalue weighted by atomic mass is 10.3. The molecule has 5 nitrogen and oxygen atoms in total. The topological polar surface area (TPSA) is 59.1 Å². The molecule has 0 fully saturated rings. The monoisotopic (exact) mass is 360 g/mol. The van der Waals surface area contributed by atoms with E-state index in [4.69, 9.17) is 27.9 Å². The van der Waals surface area contributed by atoms with Gasteiger partial charge < -0.3 is 15.4 Å². The molecule has 0 bridgehead atoms. The number of rotatable bonds is 5. The zero-order chi connectivity index (χ0) is 16.9. The Labute approximate surface area is 149 Å². The largest absolute Gasteiger partial charge is 0.495 e. The zero-order valence-corrected chi connectivity index (χ0v) is 14.3. The Balaban J connectivity index is 1.81. The van der Waals surface area contributed by atoms with Gasteiger partial charge in [0.15, 0.2) is 0 Å². The van der Waals surface area contributed by atoms with Crippen LogP contribution in [0.25, 0.3) is 0 Å². The highest BCUT2D eigenvalue weighted by Gasteiger charge is 2.06. The minimum atomic E-state index is 0.416. The van der Waals surface area contributed by atoms with Gasteiger partial charge in [0.25, 0.3) is 0 Å². The van der Waals surface area contributed by atoms with Crippen molar-refractivity contribution in [3.63, 3.8) is 0 Å². The molecule has 0 saturated carbocycles. The summed E-state index contributed by atoms with van der Waals surface area (Å²) < 4.78 is 5.32. The number of benzene rings is 2. The smallest absolute Gasteiger partial charge is 0.229 e. The molecule has 1 aromatic heterocycles. The summed E-state index contributed by atoms with van der Waals surface area (Å²) >= 11 is 12.1. The number of hydrogen-bond donors (Lipinski definition) is 2. The predicted molar refractivity (Wildman–Crippen MR) is 98.1 cm³/mol. The zero-order valence-electron chi connectivity index (χ0n) is 12.8. The number of nitrogens with one attached hydrogen (secondary N) is 2. The molecule has 0 spiro atoms. The van der Waals surface area contributed by atoms with Crippen molar-refractivity contribution < 1.29 is 4.74 Å². The maximum absolute atomic E-state index is 6.15. The van der Waals surface area contributed by atoms with E-state index in [9.17, 15) is 0 Å². The molecule has 0 unspecified atom stereocenters. The third-order valence-corrected chi connectivity index (χ3v) is 3.75. The molecule has 3 rings (SSSR count). The number of ether oxygens (including phenoxy) is 1. The van der Waals surface area contributed by atoms with Gasteiger partial charge in [-0.1, -0.05) is 35.3 Å². The quantitative estimate of drug-likeness (QED) is 0.648. The van der Waals surface area contributed by atoms with Crippen LogP contribution in [0.3, 0.4) is 0 Å². The Kier molecular flexibility index (Phi) is 5.03. The van der Waals surface area contributed by atoms with Crippen LogP contribution in [0.5, 0.6) is 5.75 Å². The van der Waals surface area contributed by atoms with Crippen LogP contribution >= 0.6 is 23.2 Å². The highest BCUT2D eigenvalue weighted by Crippen LogP contribution is 2.29. The van der Waals surface area contributed by atoms with E-state index in [1.165, 1.54) is 0 Å². The van der Waals surface area contributed by atoms with Gasteiger partial charge in [-0.2, -0.15) is 4.98 Å². The number of para-hydroxylation sites is 2. The Hall–Kier alpha value is -2.50. The highest BCUT2D eigenvalue weighted by molar-refractivity contribution is 6.36. The number of halogens is 2. The standard InChI is InChI=1S/C17H14Cl2N4O/c1-24-15-5-3-2-4-14(15)21-16-8-9-20-17(23-16)22-13-7-6-11(18)10-12(13)19/h2-10H,1H3,(H2,20,21,22,23). The summed E-state index contributed by atoms with van der Waals surface area (Å²) in [5.41, 5.74) is 1.49. The van der Waals surface area contributed by atoms with Gasteiger partial charge in [0, 0.05) is 11.2 Å². The highest BCUT2D eigenvalue weighted by atomic mass is 35.5. The summed E-state index contributed by atoms with van der Waals surface area (Å²) in [5, 5.41) is 7.34. The summed E-state index contributed by atoms with van der Waals surface area (Å²) in [4.78, 5) is 8.62. The van der Waals surface area contributed by atoms with Crippen molar-refractivity contribution in [1.29, 1.82) is 0 Å². The minimum Gasteiger partial charge on any atom is -0.495 e. The van der Waals surface area contributed by atoms with Crippen molar-refractivity contribution in [2.75, 3.05) is 17.7 Å². The van der Waals surface area contributed by atoms with Gasteiger partial charge in [-0.25, -0.2) is 4.98 Å². The van der Waals surface area contributed by atoms with Gasteiger partial charge in [-0.05, 0) is 36.4 Å². The van der Waals surface area contributed by atoms with Crippen molar-refractivity contribution in [2.45, 2.75) is 0 Å². The molecule has 0 amide bonds. The molecule has 7 heteroatoms. The first-order chi connectivity index (χ1) is 11.7. The van der Waals surface area contributed by atoms with Crippen LogP contribution in [-0.2, 0) is 0 Å². The molecule has 24 heavy (non-hydrogen) atoms. The first-order valence-electron chi connectivity index (χ1n) is 7.11. The van der Waals surface area contributed by atoms with Gasteiger partial charge in [-0.15, -0.1) is 0 Å². The van der Waals surface area contributed by atoms with Gasteiger partial charge in [0.05, 0.1) is 23.5 Å². The van der Waals surface area contributed by atoms with Crippen LogP contribution in [-0.4, -0.2) is 17.1 Å². The second kappa shape index (κ2) is 7.38. The summed E-state index contributed by atoms with van der Waals surface area (Å²) in [6.45, 7) is 0. The second-order valence-electron chi connectivity index (χ2n) is 4.84. The molecule has 0 saturated heterocycles. The van der Waals surface area contributed by atoms with Gasteiger partial charge in [-0.3, -0.25) is 0 Å². The first-order valence-corrected chi connectivity index (χ1v) is 7.86. The van der Waals surface area contributed by atoms with Crippen molar-refractivity contribution in [2.24, 2.45) is 0 Å². The Morgan fingerprint density at radius 2 is 1.79 bits per heavy atom. The van der Waals surface area contributed by atoms with E-state index in [1.807, 2.05) is 24.3 Å². The lowest BCUT2D eigenvalue weighted by Crippen LogP contribution is -2.01. The minimum absolute atomic E-state index is 0.416. The van der Waals surface area contributed by atoms with E-state index >= 15 is 0 Å². The van der Waals surface area contributed by atoms with Crippen LogP contribution < -0.4 is 15.4 Å². The molecule has 0 aliphatic carbocycles. The van der Waals surface area contributed by atoms with Gasteiger partial charge in [0.1, 0.15) is 11.6 Å². The molecule has 0 radical (unpaired) electrons. The Morgan fingerprint density at radius 3 is 2.58 bits per heavy atom. The van der Waals surface area contributed by atoms with E-state index in [0.29, 0.717) is 27.5 Å². The van der Waals surface area contributed by atoms with Crippen LogP contribution in [0.2, 0.25) is 10.0 Å². The average molecular weight is 361 g/mol. The molecule has 0 aliphatic heterocycles. The number of methoxy groups -OCH3 is 1. The van der Waals surface area contributed by atoms with E-state index in [1.54, 1.807) is 37.6 Å². The van der Waals surface area contributed by atoms with Crippen LogP contribution in [0.15, 0.2) is 54.7 Å². The number of nitrogens with zero attached hydrogens (tertiary/aromatic N) is 2. The molecule has 0 atom stereocenters. The Bertz CT molecular complexity index is 857. The van der Waals surface area contributed by atoms with E-state index in [0.717, 1.165) is 11.4 Å². The van der Waals surface area contributed by atoms with Crippen LogP contribution in [0.1, 0.15) is 0 Å². The lowest BCUT2D eigenvalue weighted by Gasteiger charge is -2.11. The summed E-state index contributed by atoms with van der Waals surface area (Å²) in [6, 6.07) is 14.5. The summed E-state index contributed by atoms with van der Waals surface area (Å²) in [5.74, 6) is 1.77. The first kappa shape index (κ1) is 16.4. The van der Waals surface area contributed by atoms with Gasteiger partial charge >= 0.3 is 0 Å². The van der Waals surface area contributed by atoms with Crippen LogP contribution in [0.4, 0.5) is 23.1 Å². The van der Waals surface area contributed by atoms with E-state index in [2.05, 4.69) is 20.6 Å². The fourth-order valence-corrected chi connectivity index (χ4v) is 2.54. The lowest BCUT2D eigenvalue weighted by molar-refractivity contribution is 0.417. The molecule has 122 valence electrons. The maximum Gasteiger partial charge on any atom is 0.229 e. The number of aromatic nitrogens is 2. The molecule has 3 aromatic rings. The Morgan fingerprint density at radius 1 is 0.958 bits per heavy atom. The fourth-order valence-electron chi connectivity index (χ4n) is 2.09. The molecule has 0 aliphatic rings. The molecule has 2 aromatic carbocycles. The van der Waals surface area contributed by atoms with Crippen molar-refractivity contribution in [1.82, 2.24) is 9.97 Å². The SMILES string of the molecule is COc1ccccc1Nc1ccnc(Nc2ccc(Cl)cc2Cl)n1. The summed E-state index contributed by atoms with van der Waals surface area (Å²) in [7, 11) is 1.62. The van der Waals surface area contributed by atoms with Crippen molar-refractivity contribution in [3.8, 4) is 5.75 Å². The maximum atomic E-state index is 6.15. The molecule has 2 N–H and O–H groups in total. The normalized spacial score (nSPS) is 10.3. The third kappa shape index (κ3) is 3.88. The number of anilines is 4. The van der Waals surface area contributed by atoms with Crippen molar-refractivity contribution >= 4 is 46.3 Å². The van der Waals surface area contributed by atoms with E-state index < -0.39 is 0 Å². The molecular weight excluding hydrogens is 347 g/mol. The predicted octanol–water partition coefficient (Wildman–Crippen LogP) is 5.28. The summed E-state index contributed by atoms with van der Waals surface area (Å²) in [6.07, 6.45) is 1.65. The fraction of sp³-hybridized carbons (Fsp3) is 0.0588. The molecule has 1 heterocycles. The number of hydrogen-bond acceptors (Lipinski definition) is 5. The third-order valence-electron chi connectivity index (χ3n) is 3.20. The molecular formula is C17H14Cl2N4O.